The van der Waals surface area contributed by atoms with Gasteiger partial charge in [-0.15, -0.1) is 0 Å². The maximum absolute atomic E-state index is 10.4. The van der Waals surface area contributed by atoms with E-state index in [0.717, 1.165) is 19.4 Å². The van der Waals surface area contributed by atoms with Gasteiger partial charge in [0.05, 0.1) is 0 Å². The minimum absolute atomic E-state index is 0.205. The first-order valence-electron chi connectivity index (χ1n) is 3.12. The van der Waals surface area contributed by atoms with Crippen LogP contribution in [0.4, 0.5) is 4.79 Å². The van der Waals surface area contributed by atoms with Crippen LogP contribution < -0.4 is 10.6 Å². The molecule has 0 aromatic rings. The Morgan fingerprint density at radius 3 is 2.78 bits per heavy atom. The summed E-state index contributed by atoms with van der Waals surface area (Å²) < 4.78 is 0. The van der Waals surface area contributed by atoms with Crippen molar-refractivity contribution in [1.82, 2.24) is 10.6 Å². The van der Waals surface area contributed by atoms with Crippen LogP contribution in [0.3, 0.4) is 0 Å². The van der Waals surface area contributed by atoms with Crippen LogP contribution in [-0.2, 0) is 0 Å². The molecule has 1 radical (unpaired) electrons. The van der Waals surface area contributed by atoms with Gasteiger partial charge in [-0.3, -0.25) is 0 Å². The van der Waals surface area contributed by atoms with E-state index in [1.807, 2.05) is 0 Å². The van der Waals surface area contributed by atoms with Gasteiger partial charge in [-0.25, -0.2) is 4.79 Å². The highest BCUT2D eigenvalue weighted by atomic mass is 16.2. The summed E-state index contributed by atoms with van der Waals surface area (Å²) in [4.78, 5) is 10.4. The first-order valence-corrected chi connectivity index (χ1v) is 3.12. The highest BCUT2D eigenvalue weighted by Crippen LogP contribution is 1.81. The molecule has 0 aliphatic heterocycles. The molecule has 0 saturated carbocycles. The van der Waals surface area contributed by atoms with E-state index in [4.69, 9.17) is 0 Å². The molecule has 2 amide bonds. The lowest BCUT2D eigenvalue weighted by molar-refractivity contribution is 0.244. The van der Waals surface area contributed by atoms with E-state index in [2.05, 4.69) is 24.6 Å². The van der Waals surface area contributed by atoms with E-state index < -0.39 is 0 Å². The molecule has 53 valence electrons. The van der Waals surface area contributed by atoms with Crippen molar-refractivity contribution in [2.75, 3.05) is 6.54 Å². The van der Waals surface area contributed by atoms with Crippen molar-refractivity contribution in [2.45, 2.75) is 19.8 Å². The topological polar surface area (TPSA) is 41.1 Å². The molecule has 0 fully saturated rings. The summed E-state index contributed by atoms with van der Waals surface area (Å²) in [6.07, 6.45) is 2.12. The number of urea groups is 1. The predicted molar refractivity (Wildman–Crippen MR) is 36.8 cm³/mol. The minimum Gasteiger partial charge on any atom is -0.338 e. The second-order valence-electron chi connectivity index (χ2n) is 1.79. The lowest BCUT2D eigenvalue weighted by Crippen LogP contribution is -2.31. The molecule has 0 rings (SSSR count). The molecule has 3 heteroatoms. The standard InChI is InChI=1S/C6H13N2O/c1-3-4-5-8-6(9)7-2/h2-5H2,1H3,(H2,7,8,9). The first-order chi connectivity index (χ1) is 4.31. The van der Waals surface area contributed by atoms with Crippen molar-refractivity contribution in [2.24, 2.45) is 0 Å². The van der Waals surface area contributed by atoms with Gasteiger partial charge in [-0.1, -0.05) is 13.3 Å². The van der Waals surface area contributed by atoms with E-state index >= 15 is 0 Å². The summed E-state index contributed by atoms with van der Waals surface area (Å²) in [5.74, 6) is 0. The van der Waals surface area contributed by atoms with Gasteiger partial charge in [0.25, 0.3) is 0 Å². The molecule has 9 heavy (non-hydrogen) atoms. The third kappa shape index (κ3) is 5.14. The molecule has 0 heterocycles. The average Bonchev–Trinajstić information content (AvgIpc) is 1.89. The van der Waals surface area contributed by atoms with Crippen LogP contribution in [0.15, 0.2) is 0 Å². The molecule has 0 unspecified atom stereocenters. The Bertz CT molecular complexity index is 83.1. The largest absolute Gasteiger partial charge is 0.338 e. The second-order valence-corrected chi connectivity index (χ2v) is 1.79. The summed E-state index contributed by atoms with van der Waals surface area (Å²) in [5, 5.41) is 4.84. The van der Waals surface area contributed by atoms with Crippen molar-refractivity contribution in [3.05, 3.63) is 7.05 Å². The summed E-state index contributed by atoms with van der Waals surface area (Å²) >= 11 is 0. The van der Waals surface area contributed by atoms with Gasteiger partial charge in [-0.2, -0.15) is 0 Å². The van der Waals surface area contributed by atoms with Crippen LogP contribution in [0.25, 0.3) is 0 Å². The molecule has 0 bridgehead atoms. The Kier molecular flexibility index (Phi) is 4.97. The Morgan fingerprint density at radius 2 is 2.33 bits per heavy atom. The number of unbranched alkanes of at least 4 members (excludes halogenated alkanes) is 1. The van der Waals surface area contributed by atoms with Gasteiger partial charge < -0.3 is 10.6 Å². The maximum atomic E-state index is 10.4. The zero-order valence-corrected chi connectivity index (χ0v) is 5.74. The monoisotopic (exact) mass is 129 g/mol. The highest BCUT2D eigenvalue weighted by Gasteiger charge is 1.90. The van der Waals surface area contributed by atoms with Crippen molar-refractivity contribution in [3.63, 3.8) is 0 Å². The Hall–Kier alpha value is -0.730. The van der Waals surface area contributed by atoms with Crippen molar-refractivity contribution >= 4 is 6.03 Å². The van der Waals surface area contributed by atoms with Gasteiger partial charge >= 0.3 is 6.03 Å². The quantitative estimate of drug-likeness (QED) is 0.545. The zero-order valence-electron chi connectivity index (χ0n) is 5.74. The molecule has 0 aliphatic carbocycles. The van der Waals surface area contributed by atoms with Crippen LogP contribution in [0.5, 0.6) is 0 Å². The van der Waals surface area contributed by atoms with Crippen LogP contribution in [0.2, 0.25) is 0 Å². The molecule has 0 spiro atoms. The van der Waals surface area contributed by atoms with E-state index in [1.54, 1.807) is 0 Å². The number of carbonyl (C=O) groups is 1. The fourth-order valence-corrected chi connectivity index (χ4v) is 0.441. The molecule has 3 nitrogen and oxygen atoms in total. The van der Waals surface area contributed by atoms with Gasteiger partial charge in [0.2, 0.25) is 0 Å². The Balaban J connectivity index is 2.97. The number of amides is 2. The SMILES string of the molecule is [CH2]NC(=O)NCCCC. The van der Waals surface area contributed by atoms with E-state index in [0.29, 0.717) is 0 Å². The molecule has 0 aromatic heterocycles. The highest BCUT2D eigenvalue weighted by molar-refractivity contribution is 5.73. The lowest BCUT2D eigenvalue weighted by Gasteiger charge is -2.00. The molecule has 0 saturated heterocycles. The third-order valence-corrected chi connectivity index (χ3v) is 0.976. The number of hydrogen-bond acceptors (Lipinski definition) is 1. The minimum atomic E-state index is -0.205. The molecule has 0 aromatic carbocycles. The number of rotatable bonds is 3. The second kappa shape index (κ2) is 5.41. The number of hydrogen-bond donors (Lipinski definition) is 2. The Morgan fingerprint density at radius 1 is 1.67 bits per heavy atom. The predicted octanol–water partition coefficient (Wildman–Crippen LogP) is 0.877. The van der Waals surface area contributed by atoms with E-state index in [1.165, 1.54) is 0 Å². The normalized spacial score (nSPS) is 8.67. The summed E-state index contributed by atoms with van der Waals surface area (Å²) in [6, 6.07) is -0.205. The zero-order chi connectivity index (χ0) is 7.11. The Labute approximate surface area is 55.8 Å². The summed E-state index contributed by atoms with van der Waals surface area (Å²) in [7, 11) is 3.20. The fourth-order valence-electron chi connectivity index (χ4n) is 0.441. The summed E-state index contributed by atoms with van der Waals surface area (Å²) in [6.45, 7) is 2.81. The van der Waals surface area contributed by atoms with Crippen molar-refractivity contribution in [3.8, 4) is 0 Å². The van der Waals surface area contributed by atoms with Crippen LogP contribution in [0.1, 0.15) is 19.8 Å². The van der Waals surface area contributed by atoms with Gasteiger partial charge in [0.15, 0.2) is 0 Å². The smallest absolute Gasteiger partial charge is 0.314 e. The third-order valence-electron chi connectivity index (χ3n) is 0.976. The van der Waals surface area contributed by atoms with E-state index in [-0.39, 0.29) is 6.03 Å². The molecular weight excluding hydrogens is 116 g/mol. The lowest BCUT2D eigenvalue weighted by atomic mass is 10.3. The molecule has 0 atom stereocenters. The van der Waals surface area contributed by atoms with Gasteiger partial charge in [-0.05, 0) is 6.42 Å². The molecular formula is C6H13N2O. The maximum Gasteiger partial charge on any atom is 0.314 e. The van der Waals surface area contributed by atoms with E-state index in [9.17, 15) is 4.79 Å². The number of nitrogens with one attached hydrogen (secondary N) is 2. The van der Waals surface area contributed by atoms with Crippen molar-refractivity contribution < 1.29 is 4.79 Å². The van der Waals surface area contributed by atoms with Gasteiger partial charge in [0.1, 0.15) is 0 Å². The van der Waals surface area contributed by atoms with Crippen LogP contribution in [0, 0.1) is 7.05 Å². The van der Waals surface area contributed by atoms with Crippen molar-refractivity contribution in [1.29, 1.82) is 0 Å². The molecule has 2 N–H and O–H groups in total. The summed E-state index contributed by atoms with van der Waals surface area (Å²) in [5.41, 5.74) is 0. The first kappa shape index (κ1) is 8.27. The van der Waals surface area contributed by atoms with Crippen LogP contribution in [-0.4, -0.2) is 12.6 Å². The molecule has 0 aliphatic rings. The number of carbonyl (C=O) groups excluding carboxylic acids is 1. The van der Waals surface area contributed by atoms with Gasteiger partial charge in [0, 0.05) is 13.6 Å². The average molecular weight is 129 g/mol. The fraction of sp³-hybridized carbons (Fsp3) is 0.667. The van der Waals surface area contributed by atoms with Crippen LogP contribution >= 0.6 is 0 Å².